The fourth-order valence-electron chi connectivity index (χ4n) is 2.78. The molecule has 0 unspecified atom stereocenters. The molecule has 0 bridgehead atoms. The summed E-state index contributed by atoms with van der Waals surface area (Å²) in [5.41, 5.74) is 8.35. The molecular formula is C17H23N3S. The van der Waals surface area contributed by atoms with Gasteiger partial charge in [-0.3, -0.25) is 4.90 Å². The van der Waals surface area contributed by atoms with Gasteiger partial charge in [0, 0.05) is 37.4 Å². The van der Waals surface area contributed by atoms with Gasteiger partial charge < -0.3 is 5.73 Å². The van der Waals surface area contributed by atoms with Crippen molar-refractivity contribution in [1.29, 1.82) is 0 Å². The molecule has 1 aromatic heterocycles. The molecule has 1 aliphatic rings. The van der Waals surface area contributed by atoms with E-state index in [2.05, 4.69) is 35.2 Å². The highest BCUT2D eigenvalue weighted by Crippen LogP contribution is 2.26. The lowest BCUT2D eigenvalue weighted by Gasteiger charge is -2.25. The van der Waals surface area contributed by atoms with Crippen molar-refractivity contribution in [3.63, 3.8) is 0 Å². The molecule has 3 rings (SSSR count). The van der Waals surface area contributed by atoms with E-state index in [0.29, 0.717) is 0 Å². The summed E-state index contributed by atoms with van der Waals surface area (Å²) >= 11 is 1.89. The lowest BCUT2D eigenvalue weighted by Crippen LogP contribution is -2.31. The van der Waals surface area contributed by atoms with Crippen molar-refractivity contribution in [3.05, 3.63) is 51.5 Å². The van der Waals surface area contributed by atoms with Crippen LogP contribution in [0.1, 0.15) is 27.6 Å². The predicted octanol–water partition coefficient (Wildman–Crippen LogP) is 2.64. The molecule has 0 saturated heterocycles. The molecule has 112 valence electrons. The molecule has 2 aromatic rings. The maximum Gasteiger partial charge on any atom is 0.0932 e. The molecule has 1 aromatic carbocycles. The summed E-state index contributed by atoms with van der Waals surface area (Å²) in [6.45, 7) is 4.11. The summed E-state index contributed by atoms with van der Waals surface area (Å²) in [7, 11) is 0. The quantitative estimate of drug-likeness (QED) is 0.892. The second-order valence-corrected chi connectivity index (χ2v) is 6.80. The van der Waals surface area contributed by atoms with Gasteiger partial charge in [-0.1, -0.05) is 30.3 Å². The number of fused-ring (bicyclic) bond motifs is 1. The van der Waals surface area contributed by atoms with E-state index >= 15 is 0 Å². The van der Waals surface area contributed by atoms with Crippen LogP contribution < -0.4 is 5.73 Å². The van der Waals surface area contributed by atoms with Gasteiger partial charge in [-0.15, -0.1) is 11.3 Å². The minimum absolute atomic E-state index is 0.757. The summed E-state index contributed by atoms with van der Waals surface area (Å²) in [6, 6.07) is 10.8. The molecule has 0 atom stereocenters. The number of nitrogens with zero attached hydrogens (tertiary/aromatic N) is 2. The molecule has 2 heterocycles. The van der Waals surface area contributed by atoms with Crippen molar-refractivity contribution in [3.8, 4) is 0 Å². The summed E-state index contributed by atoms with van der Waals surface area (Å²) in [6.07, 6.45) is 4.32. The summed E-state index contributed by atoms with van der Waals surface area (Å²) < 4.78 is 0. The molecule has 4 heteroatoms. The Balaban J connectivity index is 1.55. The molecule has 0 radical (unpaired) electrons. The third kappa shape index (κ3) is 3.90. The summed E-state index contributed by atoms with van der Waals surface area (Å²) in [5.74, 6) is 0. The van der Waals surface area contributed by atoms with Crippen LogP contribution in [0, 0.1) is 0 Å². The van der Waals surface area contributed by atoms with Gasteiger partial charge in [-0.25, -0.2) is 4.98 Å². The Kier molecular flexibility index (Phi) is 5.01. The Morgan fingerprint density at radius 3 is 2.86 bits per heavy atom. The summed E-state index contributed by atoms with van der Waals surface area (Å²) in [5, 5.41) is 1.27. The molecule has 3 nitrogen and oxygen atoms in total. The van der Waals surface area contributed by atoms with Crippen LogP contribution in [-0.4, -0.2) is 29.5 Å². The number of hydrogen-bond donors (Lipinski definition) is 1. The highest BCUT2D eigenvalue weighted by molar-refractivity contribution is 7.11. The second kappa shape index (κ2) is 7.16. The van der Waals surface area contributed by atoms with Crippen LogP contribution in [0.25, 0.3) is 0 Å². The Hall–Kier alpha value is -1.23. The van der Waals surface area contributed by atoms with E-state index in [1.165, 1.54) is 21.1 Å². The minimum atomic E-state index is 0.757. The molecule has 2 N–H and O–H groups in total. The van der Waals surface area contributed by atoms with E-state index in [9.17, 15) is 0 Å². The van der Waals surface area contributed by atoms with Crippen molar-refractivity contribution >= 4 is 11.3 Å². The molecule has 0 saturated carbocycles. The Morgan fingerprint density at radius 2 is 2.05 bits per heavy atom. The first-order valence-electron chi connectivity index (χ1n) is 7.79. The molecule has 0 spiro atoms. The molecule has 0 aliphatic carbocycles. The van der Waals surface area contributed by atoms with Gasteiger partial charge in [0.1, 0.15) is 0 Å². The van der Waals surface area contributed by atoms with Gasteiger partial charge in [0.15, 0.2) is 0 Å². The zero-order chi connectivity index (χ0) is 14.5. The smallest absolute Gasteiger partial charge is 0.0932 e. The average Bonchev–Trinajstić information content (AvgIpc) is 2.94. The molecule has 21 heavy (non-hydrogen) atoms. The lowest BCUT2D eigenvalue weighted by atomic mass is 10.1. The minimum Gasteiger partial charge on any atom is -0.330 e. The SMILES string of the molecule is NCCCc1nc2c(s1)CN(CCc1ccccc1)CC2. The van der Waals surface area contributed by atoms with Gasteiger partial charge in [0.05, 0.1) is 10.7 Å². The van der Waals surface area contributed by atoms with Gasteiger partial charge in [-0.05, 0) is 24.9 Å². The van der Waals surface area contributed by atoms with Crippen LogP contribution >= 0.6 is 11.3 Å². The van der Waals surface area contributed by atoms with Crippen molar-refractivity contribution in [2.24, 2.45) is 5.73 Å². The third-order valence-corrected chi connectivity index (χ3v) is 5.15. The molecule has 1 aliphatic heterocycles. The van der Waals surface area contributed by atoms with Crippen LogP contribution in [-0.2, 0) is 25.8 Å². The second-order valence-electron chi connectivity index (χ2n) is 5.63. The van der Waals surface area contributed by atoms with Crippen molar-refractivity contribution in [2.45, 2.75) is 32.2 Å². The number of hydrogen-bond acceptors (Lipinski definition) is 4. The van der Waals surface area contributed by atoms with Gasteiger partial charge >= 0.3 is 0 Å². The first-order chi connectivity index (χ1) is 10.3. The Labute approximate surface area is 130 Å². The highest BCUT2D eigenvalue weighted by Gasteiger charge is 2.20. The van der Waals surface area contributed by atoms with Crippen LogP contribution in [0.4, 0.5) is 0 Å². The first-order valence-corrected chi connectivity index (χ1v) is 8.60. The number of benzene rings is 1. The Morgan fingerprint density at radius 1 is 1.19 bits per heavy atom. The first kappa shape index (κ1) is 14.7. The monoisotopic (exact) mass is 301 g/mol. The van der Waals surface area contributed by atoms with Crippen LogP contribution in [0.3, 0.4) is 0 Å². The number of aromatic nitrogens is 1. The third-order valence-electron chi connectivity index (χ3n) is 4.01. The lowest BCUT2D eigenvalue weighted by molar-refractivity contribution is 0.259. The number of rotatable bonds is 6. The van der Waals surface area contributed by atoms with E-state index in [4.69, 9.17) is 10.7 Å². The predicted molar refractivity (Wildman–Crippen MR) is 88.6 cm³/mol. The highest BCUT2D eigenvalue weighted by atomic mass is 32.1. The normalized spacial score (nSPS) is 15.1. The average molecular weight is 301 g/mol. The largest absolute Gasteiger partial charge is 0.330 e. The number of nitrogens with two attached hydrogens (primary N) is 1. The van der Waals surface area contributed by atoms with Crippen molar-refractivity contribution < 1.29 is 0 Å². The molecule has 0 amide bonds. The fourth-order valence-corrected chi connectivity index (χ4v) is 3.98. The van der Waals surface area contributed by atoms with Gasteiger partial charge in [0.2, 0.25) is 0 Å². The molecular weight excluding hydrogens is 278 g/mol. The molecule has 0 fully saturated rings. The maximum atomic E-state index is 5.58. The number of aryl methyl sites for hydroxylation is 1. The maximum absolute atomic E-state index is 5.58. The van der Waals surface area contributed by atoms with E-state index in [1.54, 1.807) is 0 Å². The van der Waals surface area contributed by atoms with Crippen molar-refractivity contribution in [2.75, 3.05) is 19.6 Å². The van der Waals surface area contributed by atoms with Crippen LogP contribution in [0.2, 0.25) is 0 Å². The van der Waals surface area contributed by atoms with E-state index < -0.39 is 0 Å². The zero-order valence-electron chi connectivity index (χ0n) is 12.4. The van der Waals surface area contributed by atoms with E-state index in [0.717, 1.165) is 51.9 Å². The van der Waals surface area contributed by atoms with Crippen LogP contribution in [0.5, 0.6) is 0 Å². The summed E-state index contributed by atoms with van der Waals surface area (Å²) in [4.78, 5) is 8.81. The number of thiazole rings is 1. The van der Waals surface area contributed by atoms with Gasteiger partial charge in [0.25, 0.3) is 0 Å². The van der Waals surface area contributed by atoms with Gasteiger partial charge in [-0.2, -0.15) is 0 Å². The van der Waals surface area contributed by atoms with Crippen molar-refractivity contribution in [1.82, 2.24) is 9.88 Å². The zero-order valence-corrected chi connectivity index (χ0v) is 13.2. The van der Waals surface area contributed by atoms with E-state index in [1.807, 2.05) is 11.3 Å². The Bertz CT molecular complexity index is 565. The van der Waals surface area contributed by atoms with Crippen LogP contribution in [0.15, 0.2) is 30.3 Å². The fraction of sp³-hybridized carbons (Fsp3) is 0.471. The topological polar surface area (TPSA) is 42.1 Å². The van der Waals surface area contributed by atoms with E-state index in [-0.39, 0.29) is 0 Å². The standard InChI is InChI=1S/C17H23N3S/c18-10-4-7-17-19-15-9-12-20(13-16(15)21-17)11-8-14-5-2-1-3-6-14/h1-3,5-6H,4,7-13,18H2.